The Labute approximate surface area is 97.9 Å². The second-order valence-corrected chi connectivity index (χ2v) is 3.20. The molecule has 0 saturated heterocycles. The summed E-state index contributed by atoms with van der Waals surface area (Å²) in [6.45, 7) is 2.30. The second kappa shape index (κ2) is 5.92. The van der Waals surface area contributed by atoms with Gasteiger partial charge in [0.15, 0.2) is 5.82 Å². The standard InChI is InChI=1S/C9H12ClN5O/c1-2-12-9(16)15-8(11)14-7-6(10)4-3-5-13-7/h3-5H,2H2,1H3,(H4,11,12,13,14,15,16). The van der Waals surface area contributed by atoms with E-state index >= 15 is 0 Å². The molecule has 0 aliphatic rings. The van der Waals surface area contributed by atoms with Gasteiger partial charge in [-0.3, -0.25) is 5.32 Å². The van der Waals surface area contributed by atoms with Gasteiger partial charge in [0.1, 0.15) is 0 Å². The smallest absolute Gasteiger partial charge is 0.321 e. The minimum atomic E-state index is -0.421. The van der Waals surface area contributed by atoms with Crippen LogP contribution in [0.15, 0.2) is 23.3 Å². The van der Waals surface area contributed by atoms with E-state index in [1.54, 1.807) is 19.1 Å². The van der Waals surface area contributed by atoms with Crippen LogP contribution in [0.1, 0.15) is 6.92 Å². The first-order valence-electron chi connectivity index (χ1n) is 4.63. The van der Waals surface area contributed by atoms with E-state index in [0.29, 0.717) is 11.6 Å². The Morgan fingerprint density at radius 3 is 3.06 bits per heavy atom. The van der Waals surface area contributed by atoms with Crippen molar-refractivity contribution in [2.45, 2.75) is 6.92 Å². The highest BCUT2D eigenvalue weighted by Gasteiger charge is 2.03. The van der Waals surface area contributed by atoms with E-state index in [2.05, 4.69) is 20.6 Å². The van der Waals surface area contributed by atoms with Crippen molar-refractivity contribution in [2.24, 2.45) is 10.7 Å². The van der Waals surface area contributed by atoms with E-state index in [0.717, 1.165) is 0 Å². The van der Waals surface area contributed by atoms with Crippen LogP contribution >= 0.6 is 11.6 Å². The number of carbonyl (C=O) groups excluding carboxylic acids is 1. The molecule has 1 rings (SSSR count). The predicted molar refractivity (Wildman–Crippen MR) is 62.7 cm³/mol. The van der Waals surface area contributed by atoms with Crippen LogP contribution in [0.3, 0.4) is 0 Å². The number of nitrogens with one attached hydrogen (secondary N) is 2. The lowest BCUT2D eigenvalue weighted by Gasteiger charge is -2.04. The van der Waals surface area contributed by atoms with Gasteiger partial charge < -0.3 is 11.1 Å². The zero-order valence-electron chi connectivity index (χ0n) is 8.70. The molecule has 6 nitrogen and oxygen atoms in total. The normalized spacial score (nSPS) is 11.0. The Balaban J connectivity index is 2.70. The molecule has 0 atom stereocenters. The molecular weight excluding hydrogens is 230 g/mol. The summed E-state index contributed by atoms with van der Waals surface area (Å²) in [6.07, 6.45) is 1.53. The number of pyridine rings is 1. The Morgan fingerprint density at radius 2 is 2.44 bits per heavy atom. The van der Waals surface area contributed by atoms with Crippen molar-refractivity contribution >= 4 is 29.4 Å². The fourth-order valence-corrected chi connectivity index (χ4v) is 1.09. The molecule has 7 heteroatoms. The molecule has 86 valence electrons. The molecule has 0 saturated carbocycles. The van der Waals surface area contributed by atoms with Crippen LogP contribution < -0.4 is 16.4 Å². The molecule has 16 heavy (non-hydrogen) atoms. The van der Waals surface area contributed by atoms with Crippen molar-refractivity contribution < 1.29 is 4.79 Å². The Kier molecular flexibility index (Phi) is 4.53. The molecule has 0 radical (unpaired) electrons. The first-order valence-corrected chi connectivity index (χ1v) is 5.00. The lowest BCUT2D eigenvalue weighted by Crippen LogP contribution is -2.43. The second-order valence-electron chi connectivity index (χ2n) is 2.79. The molecule has 0 fully saturated rings. The van der Waals surface area contributed by atoms with E-state index in [4.69, 9.17) is 17.3 Å². The van der Waals surface area contributed by atoms with Crippen molar-refractivity contribution in [1.29, 1.82) is 0 Å². The van der Waals surface area contributed by atoms with Crippen LogP contribution in [0.25, 0.3) is 0 Å². The number of urea groups is 1. The first kappa shape index (κ1) is 12.3. The van der Waals surface area contributed by atoms with Crippen LogP contribution in [-0.2, 0) is 0 Å². The maximum Gasteiger partial charge on any atom is 0.321 e. The van der Waals surface area contributed by atoms with E-state index in [1.807, 2.05) is 0 Å². The molecule has 0 aliphatic carbocycles. The SMILES string of the molecule is CCNC(=O)N/C(N)=N/c1ncccc1Cl. The molecule has 1 aromatic heterocycles. The molecule has 0 aromatic carbocycles. The number of nitrogens with zero attached hydrogens (tertiary/aromatic N) is 2. The minimum absolute atomic E-state index is 0.0634. The number of aromatic nitrogens is 1. The summed E-state index contributed by atoms with van der Waals surface area (Å²) >= 11 is 5.81. The molecule has 4 N–H and O–H groups in total. The van der Waals surface area contributed by atoms with Crippen LogP contribution in [0.2, 0.25) is 5.02 Å². The highest BCUT2D eigenvalue weighted by atomic mass is 35.5. The highest BCUT2D eigenvalue weighted by Crippen LogP contribution is 2.19. The van der Waals surface area contributed by atoms with E-state index in [-0.39, 0.29) is 11.8 Å². The fraction of sp³-hybridized carbons (Fsp3) is 0.222. The predicted octanol–water partition coefficient (Wildman–Crippen LogP) is 1.00. The number of amides is 2. The van der Waals surface area contributed by atoms with Crippen LogP contribution in [-0.4, -0.2) is 23.5 Å². The summed E-state index contributed by atoms with van der Waals surface area (Å²) < 4.78 is 0. The number of guanidine groups is 1. The third kappa shape index (κ3) is 3.74. The van der Waals surface area contributed by atoms with Crippen molar-refractivity contribution in [3.8, 4) is 0 Å². The van der Waals surface area contributed by atoms with Crippen molar-refractivity contribution in [1.82, 2.24) is 15.6 Å². The lowest BCUT2D eigenvalue weighted by atomic mass is 10.5. The molecule has 0 aliphatic heterocycles. The van der Waals surface area contributed by atoms with E-state index in [9.17, 15) is 4.79 Å². The summed E-state index contributed by atoms with van der Waals surface area (Å²) in [7, 11) is 0. The van der Waals surface area contributed by atoms with Crippen LogP contribution in [0, 0.1) is 0 Å². The number of rotatable bonds is 2. The monoisotopic (exact) mass is 241 g/mol. The molecule has 1 aromatic rings. The van der Waals surface area contributed by atoms with Gasteiger partial charge in [0.05, 0.1) is 5.02 Å². The molecular formula is C9H12ClN5O. The zero-order valence-corrected chi connectivity index (χ0v) is 9.45. The van der Waals surface area contributed by atoms with Gasteiger partial charge in [-0.2, -0.15) is 4.99 Å². The molecule has 0 unspecified atom stereocenters. The number of nitrogens with two attached hydrogens (primary N) is 1. The molecule has 2 amide bonds. The van der Waals surface area contributed by atoms with Crippen molar-refractivity contribution in [2.75, 3.05) is 6.54 Å². The van der Waals surface area contributed by atoms with Crippen molar-refractivity contribution in [3.05, 3.63) is 23.4 Å². The maximum absolute atomic E-state index is 11.1. The number of carbonyl (C=O) groups is 1. The fourth-order valence-electron chi connectivity index (χ4n) is 0.923. The third-order valence-electron chi connectivity index (χ3n) is 1.54. The van der Waals surface area contributed by atoms with Gasteiger partial charge in [-0.1, -0.05) is 11.6 Å². The topological polar surface area (TPSA) is 92.4 Å². The quantitative estimate of drug-likeness (QED) is 0.533. The molecule has 0 bridgehead atoms. The highest BCUT2D eigenvalue weighted by molar-refractivity contribution is 6.32. The van der Waals surface area contributed by atoms with Gasteiger partial charge in [-0.25, -0.2) is 9.78 Å². The van der Waals surface area contributed by atoms with Gasteiger partial charge in [-0.15, -0.1) is 0 Å². The Bertz CT molecular complexity index is 407. The van der Waals surface area contributed by atoms with E-state index < -0.39 is 6.03 Å². The first-order chi connectivity index (χ1) is 7.63. The van der Waals surface area contributed by atoms with Gasteiger partial charge in [0, 0.05) is 12.7 Å². The van der Waals surface area contributed by atoms with Gasteiger partial charge in [0.2, 0.25) is 5.96 Å². The Hall–Kier alpha value is -1.82. The summed E-state index contributed by atoms with van der Waals surface area (Å²) in [6, 6.07) is 2.89. The number of halogens is 1. The average molecular weight is 242 g/mol. The lowest BCUT2D eigenvalue weighted by molar-refractivity contribution is 0.245. The molecule has 1 heterocycles. The average Bonchev–Trinajstić information content (AvgIpc) is 2.21. The zero-order chi connectivity index (χ0) is 12.0. The summed E-state index contributed by atoms with van der Waals surface area (Å²) in [5, 5.41) is 5.21. The van der Waals surface area contributed by atoms with Crippen molar-refractivity contribution in [3.63, 3.8) is 0 Å². The van der Waals surface area contributed by atoms with Crippen LogP contribution in [0.4, 0.5) is 10.6 Å². The third-order valence-corrected chi connectivity index (χ3v) is 1.84. The number of aliphatic imine (C=N–C) groups is 1. The Morgan fingerprint density at radius 1 is 1.69 bits per heavy atom. The largest absolute Gasteiger partial charge is 0.369 e. The van der Waals surface area contributed by atoms with Gasteiger partial charge in [0.25, 0.3) is 0 Å². The summed E-state index contributed by atoms with van der Waals surface area (Å²) in [4.78, 5) is 18.9. The summed E-state index contributed by atoms with van der Waals surface area (Å²) in [5.41, 5.74) is 5.49. The number of hydrogen-bond donors (Lipinski definition) is 3. The molecule has 0 spiro atoms. The van der Waals surface area contributed by atoms with Gasteiger partial charge >= 0.3 is 6.03 Å². The summed E-state index contributed by atoms with van der Waals surface area (Å²) in [5.74, 6) is 0.199. The van der Waals surface area contributed by atoms with Crippen LogP contribution in [0.5, 0.6) is 0 Å². The maximum atomic E-state index is 11.1. The number of hydrogen-bond acceptors (Lipinski definition) is 3. The van der Waals surface area contributed by atoms with E-state index in [1.165, 1.54) is 6.20 Å². The minimum Gasteiger partial charge on any atom is -0.369 e. The van der Waals surface area contributed by atoms with Gasteiger partial charge in [-0.05, 0) is 19.1 Å².